The zero-order valence-electron chi connectivity index (χ0n) is 19.6. The number of anilines is 1. The van der Waals surface area contributed by atoms with Crippen LogP contribution in [-0.2, 0) is 0 Å². The molecule has 1 saturated heterocycles. The molecular weight excluding hydrogens is 428 g/mol. The van der Waals surface area contributed by atoms with E-state index in [9.17, 15) is 14.7 Å². The summed E-state index contributed by atoms with van der Waals surface area (Å²) < 4.78 is 0. The SMILES string of the molecule is Cc1ccc(C(=O)N2CCC(c3ccc(C#N)cc3)CC2)cc1NC(=O)NC1CCC(O)CC1. The van der Waals surface area contributed by atoms with E-state index < -0.39 is 0 Å². The number of amides is 3. The molecule has 0 unspecified atom stereocenters. The number of aliphatic hydroxyl groups is 1. The Bertz CT molecular complexity index is 1060. The fourth-order valence-electron chi connectivity index (χ4n) is 4.88. The van der Waals surface area contributed by atoms with E-state index in [0.717, 1.165) is 31.2 Å². The van der Waals surface area contributed by atoms with Crippen LogP contribution in [0.4, 0.5) is 10.5 Å². The first-order chi connectivity index (χ1) is 16.4. The minimum atomic E-state index is -0.280. The summed E-state index contributed by atoms with van der Waals surface area (Å²) in [7, 11) is 0. The highest BCUT2D eigenvalue weighted by atomic mass is 16.3. The molecule has 0 radical (unpaired) electrons. The number of aliphatic hydroxyl groups excluding tert-OH is 1. The molecule has 2 aliphatic rings. The van der Waals surface area contributed by atoms with Gasteiger partial charge in [-0.05, 0) is 86.8 Å². The van der Waals surface area contributed by atoms with Crippen molar-refractivity contribution < 1.29 is 14.7 Å². The van der Waals surface area contributed by atoms with Gasteiger partial charge >= 0.3 is 6.03 Å². The van der Waals surface area contributed by atoms with Gasteiger partial charge in [0.15, 0.2) is 0 Å². The van der Waals surface area contributed by atoms with Crippen molar-refractivity contribution >= 4 is 17.6 Å². The summed E-state index contributed by atoms with van der Waals surface area (Å²) >= 11 is 0. The molecule has 0 spiro atoms. The molecule has 0 bridgehead atoms. The molecular formula is C27H32N4O3. The van der Waals surface area contributed by atoms with Crippen LogP contribution in [0.3, 0.4) is 0 Å². The average Bonchev–Trinajstić information content (AvgIpc) is 2.86. The Balaban J connectivity index is 1.34. The first-order valence-corrected chi connectivity index (χ1v) is 12.1. The quantitative estimate of drug-likeness (QED) is 0.632. The average molecular weight is 461 g/mol. The van der Waals surface area contributed by atoms with Crippen molar-refractivity contribution in [2.45, 2.75) is 63.5 Å². The lowest BCUT2D eigenvalue weighted by atomic mass is 9.89. The molecule has 1 saturated carbocycles. The first kappa shape index (κ1) is 23.8. The van der Waals surface area contributed by atoms with Crippen molar-refractivity contribution in [2.75, 3.05) is 18.4 Å². The second-order valence-corrected chi connectivity index (χ2v) is 9.43. The number of carbonyl (C=O) groups excluding carboxylic acids is 2. The van der Waals surface area contributed by atoms with Gasteiger partial charge in [-0.3, -0.25) is 4.79 Å². The molecule has 178 valence electrons. The van der Waals surface area contributed by atoms with Crippen LogP contribution in [0.1, 0.15) is 71.5 Å². The number of aryl methyl sites for hydroxylation is 1. The number of benzene rings is 2. The summed E-state index contributed by atoms with van der Waals surface area (Å²) in [4.78, 5) is 27.5. The smallest absolute Gasteiger partial charge is 0.319 e. The Morgan fingerprint density at radius 3 is 2.32 bits per heavy atom. The Kier molecular flexibility index (Phi) is 7.49. The lowest BCUT2D eigenvalue weighted by Gasteiger charge is -2.32. The van der Waals surface area contributed by atoms with Gasteiger partial charge in [0.2, 0.25) is 0 Å². The van der Waals surface area contributed by atoms with Crippen LogP contribution in [-0.4, -0.2) is 47.2 Å². The number of nitriles is 1. The standard InChI is InChI=1S/C27H32N4O3/c1-18-2-5-22(16-25(18)30-27(34)29-23-8-10-24(32)11-9-23)26(33)31-14-12-21(13-15-31)20-6-3-19(17-28)4-7-20/h2-7,16,21,23-24,32H,8-15H2,1H3,(H2,29,30,34). The second kappa shape index (κ2) is 10.7. The highest BCUT2D eigenvalue weighted by Crippen LogP contribution is 2.29. The summed E-state index contributed by atoms with van der Waals surface area (Å²) in [5.41, 5.74) is 3.97. The van der Waals surface area contributed by atoms with Crippen molar-refractivity contribution in [2.24, 2.45) is 0 Å². The molecule has 2 fully saturated rings. The van der Waals surface area contributed by atoms with Gasteiger partial charge in [-0.2, -0.15) is 5.26 Å². The summed E-state index contributed by atoms with van der Waals surface area (Å²) in [5, 5.41) is 24.5. The number of rotatable bonds is 4. The summed E-state index contributed by atoms with van der Waals surface area (Å²) in [6.45, 7) is 3.26. The van der Waals surface area contributed by atoms with Crippen molar-refractivity contribution in [1.82, 2.24) is 10.2 Å². The maximum absolute atomic E-state index is 13.2. The zero-order chi connectivity index (χ0) is 24.1. The maximum atomic E-state index is 13.2. The highest BCUT2D eigenvalue weighted by Gasteiger charge is 2.25. The van der Waals surface area contributed by atoms with Crippen molar-refractivity contribution in [3.8, 4) is 6.07 Å². The molecule has 3 amide bonds. The van der Waals surface area contributed by atoms with Crippen LogP contribution in [0.2, 0.25) is 0 Å². The molecule has 7 nitrogen and oxygen atoms in total. The van der Waals surface area contributed by atoms with Crippen LogP contribution >= 0.6 is 0 Å². The summed E-state index contributed by atoms with van der Waals surface area (Å²) in [5.74, 6) is 0.361. The second-order valence-electron chi connectivity index (χ2n) is 9.43. The van der Waals surface area contributed by atoms with Crippen LogP contribution in [0.15, 0.2) is 42.5 Å². The molecule has 2 aromatic carbocycles. The molecule has 3 N–H and O–H groups in total. The normalized spacial score (nSPS) is 20.9. The highest BCUT2D eigenvalue weighted by molar-refractivity contribution is 5.97. The van der Waals surface area contributed by atoms with Crippen LogP contribution in [0.5, 0.6) is 0 Å². The van der Waals surface area contributed by atoms with Gasteiger partial charge in [0.25, 0.3) is 5.91 Å². The predicted octanol–water partition coefficient (Wildman–Crippen LogP) is 4.31. The Morgan fingerprint density at radius 1 is 1.00 bits per heavy atom. The van der Waals surface area contributed by atoms with E-state index in [1.807, 2.05) is 48.2 Å². The number of hydrogen-bond acceptors (Lipinski definition) is 4. The lowest BCUT2D eigenvalue weighted by molar-refractivity contribution is 0.0713. The number of carbonyl (C=O) groups is 2. The van der Waals surface area contributed by atoms with E-state index in [1.54, 1.807) is 6.07 Å². The largest absolute Gasteiger partial charge is 0.393 e. The minimum Gasteiger partial charge on any atom is -0.393 e. The topological polar surface area (TPSA) is 105 Å². The molecule has 0 atom stereocenters. The first-order valence-electron chi connectivity index (χ1n) is 12.1. The van der Waals surface area contributed by atoms with E-state index in [-0.39, 0.29) is 24.1 Å². The van der Waals surface area contributed by atoms with E-state index in [1.165, 1.54) is 5.56 Å². The third-order valence-corrected chi connectivity index (χ3v) is 7.06. The van der Waals surface area contributed by atoms with E-state index in [0.29, 0.717) is 48.7 Å². The molecule has 34 heavy (non-hydrogen) atoms. The monoisotopic (exact) mass is 460 g/mol. The predicted molar refractivity (Wildman–Crippen MR) is 131 cm³/mol. The zero-order valence-corrected chi connectivity index (χ0v) is 19.6. The molecule has 1 aliphatic carbocycles. The molecule has 4 rings (SSSR count). The number of hydrogen-bond donors (Lipinski definition) is 3. The number of urea groups is 1. The van der Waals surface area contributed by atoms with Gasteiger partial charge in [-0.15, -0.1) is 0 Å². The van der Waals surface area contributed by atoms with Gasteiger partial charge < -0.3 is 20.6 Å². The number of piperidine rings is 1. The Morgan fingerprint density at radius 2 is 1.68 bits per heavy atom. The van der Waals surface area contributed by atoms with Gasteiger partial charge in [0.1, 0.15) is 0 Å². The van der Waals surface area contributed by atoms with Crippen molar-refractivity contribution in [1.29, 1.82) is 5.26 Å². The van der Waals surface area contributed by atoms with Crippen molar-refractivity contribution in [3.63, 3.8) is 0 Å². The van der Waals surface area contributed by atoms with E-state index in [4.69, 9.17) is 5.26 Å². The van der Waals surface area contributed by atoms with E-state index >= 15 is 0 Å². The van der Waals surface area contributed by atoms with Crippen molar-refractivity contribution in [3.05, 3.63) is 64.7 Å². The van der Waals surface area contributed by atoms with Gasteiger partial charge in [-0.1, -0.05) is 18.2 Å². The number of nitrogens with zero attached hydrogens (tertiary/aromatic N) is 2. The molecule has 2 aromatic rings. The molecule has 7 heteroatoms. The van der Waals surface area contributed by atoms with Crippen LogP contribution in [0.25, 0.3) is 0 Å². The molecule has 0 aromatic heterocycles. The Labute approximate surface area is 200 Å². The van der Waals surface area contributed by atoms with Gasteiger partial charge in [-0.25, -0.2) is 4.79 Å². The van der Waals surface area contributed by atoms with E-state index in [2.05, 4.69) is 16.7 Å². The molecule has 1 heterocycles. The van der Waals surface area contributed by atoms with Gasteiger partial charge in [0.05, 0.1) is 17.7 Å². The third kappa shape index (κ3) is 5.75. The number of likely N-dealkylation sites (tertiary alicyclic amines) is 1. The van der Waals surface area contributed by atoms with Crippen LogP contribution < -0.4 is 10.6 Å². The molecule has 1 aliphatic heterocycles. The fourth-order valence-corrected chi connectivity index (χ4v) is 4.88. The fraction of sp³-hybridized carbons (Fsp3) is 0.444. The maximum Gasteiger partial charge on any atom is 0.319 e. The Hall–Kier alpha value is -3.37. The van der Waals surface area contributed by atoms with Gasteiger partial charge in [0, 0.05) is 30.4 Å². The van der Waals surface area contributed by atoms with Crippen LogP contribution in [0, 0.1) is 18.3 Å². The lowest BCUT2D eigenvalue weighted by Crippen LogP contribution is -2.41. The minimum absolute atomic E-state index is 0.0250. The third-order valence-electron chi connectivity index (χ3n) is 7.06. The number of nitrogens with one attached hydrogen (secondary N) is 2. The summed E-state index contributed by atoms with van der Waals surface area (Å²) in [6, 6.07) is 15.1. The summed E-state index contributed by atoms with van der Waals surface area (Å²) in [6.07, 6.45) is 4.45.